The van der Waals surface area contributed by atoms with Crippen LogP contribution in [0.5, 0.6) is 0 Å². The van der Waals surface area contributed by atoms with Crippen molar-refractivity contribution >= 4 is 51.2 Å². The molecule has 0 radical (unpaired) electrons. The van der Waals surface area contributed by atoms with E-state index in [-0.39, 0.29) is 44.3 Å². The number of aromatic nitrogens is 1. The van der Waals surface area contributed by atoms with Crippen LogP contribution in [0.25, 0.3) is 21.3 Å². The number of amides is 3. The second kappa shape index (κ2) is 17.2. The van der Waals surface area contributed by atoms with E-state index in [0.717, 1.165) is 53.5 Å². The minimum atomic E-state index is -0.985. The lowest BCUT2D eigenvalue weighted by atomic mass is 9.99. The Morgan fingerprint density at radius 3 is 2.39 bits per heavy atom. The second-order valence-electron chi connectivity index (χ2n) is 13.7. The second-order valence-corrected chi connectivity index (χ2v) is 16.0. The Kier molecular flexibility index (Phi) is 11.5. The van der Waals surface area contributed by atoms with Gasteiger partial charge in [0.05, 0.1) is 42.0 Å². The number of hydrogen-bond acceptors (Lipinski definition) is 10. The third kappa shape index (κ3) is 8.85. The molecule has 0 saturated carbocycles. The third-order valence-corrected chi connectivity index (χ3v) is 12.1. The van der Waals surface area contributed by atoms with Crippen LogP contribution >= 0.6 is 23.1 Å². The van der Waals surface area contributed by atoms with Crippen LogP contribution in [-0.4, -0.2) is 50.8 Å². The SMILES string of the molecule is O=C(NC1CC(=O)N(Cc2cccc(-c3cccc([C@H]4O[C@@H](CSc5nc6ccccc6s5)C[C@@H](c5ccc(CO)cc5)O4)c3)c2)C1=O)OCc1ccccc1. The number of thiazole rings is 1. The molecule has 2 aliphatic heterocycles. The molecule has 1 unspecified atom stereocenters. The lowest BCUT2D eigenvalue weighted by Gasteiger charge is -2.36. The van der Waals surface area contributed by atoms with Crippen molar-refractivity contribution in [1.82, 2.24) is 15.2 Å². The van der Waals surface area contributed by atoms with Crippen LogP contribution < -0.4 is 5.32 Å². The van der Waals surface area contributed by atoms with Crippen LogP contribution in [0.15, 0.2) is 132 Å². The Hall–Kier alpha value is -5.37. The summed E-state index contributed by atoms with van der Waals surface area (Å²) in [6.45, 7) is 0.103. The van der Waals surface area contributed by atoms with Crippen LogP contribution in [0, 0.1) is 0 Å². The standard InChI is InChI=1S/C44H39N3O7S2/c48-25-28-16-18-31(19-17-28)38-22-35(27-55-44-46-36-14-4-5-15-39(36)56-44)53-42(54-38)34-13-7-12-33(21-34)32-11-6-10-30(20-32)24-47-40(49)23-37(41(47)50)45-43(51)52-26-29-8-2-1-3-9-29/h1-21,35,37-38,42,48H,22-27H2,(H,45,51)/t35-,37?,38+,42+/m1/s1. The van der Waals surface area contributed by atoms with E-state index in [9.17, 15) is 19.5 Å². The number of hydrogen-bond donors (Lipinski definition) is 2. The number of ether oxygens (including phenoxy) is 3. The zero-order valence-corrected chi connectivity index (χ0v) is 31.9. The van der Waals surface area contributed by atoms with Crippen molar-refractivity contribution in [1.29, 1.82) is 0 Å². The number of likely N-dealkylation sites (tertiary alicyclic amines) is 1. The third-order valence-electron chi connectivity index (χ3n) is 9.79. The predicted molar refractivity (Wildman–Crippen MR) is 214 cm³/mol. The molecule has 3 heterocycles. The first-order valence-electron chi connectivity index (χ1n) is 18.4. The topological polar surface area (TPSA) is 127 Å². The molecule has 2 aliphatic rings. The van der Waals surface area contributed by atoms with Crippen LogP contribution in [0.4, 0.5) is 4.79 Å². The van der Waals surface area contributed by atoms with Gasteiger partial charge in [-0.3, -0.25) is 14.5 Å². The number of imide groups is 1. The summed E-state index contributed by atoms with van der Waals surface area (Å²) in [7, 11) is 0. The number of rotatable bonds is 12. The van der Waals surface area contributed by atoms with Gasteiger partial charge in [0.25, 0.3) is 5.91 Å². The number of aliphatic hydroxyl groups is 1. The smallest absolute Gasteiger partial charge is 0.408 e. The number of carbonyl (C=O) groups excluding carboxylic acids is 3. The fourth-order valence-electron chi connectivity index (χ4n) is 6.87. The number of aliphatic hydroxyl groups excluding tert-OH is 1. The van der Waals surface area contributed by atoms with E-state index in [2.05, 4.69) is 11.4 Å². The summed E-state index contributed by atoms with van der Waals surface area (Å²) in [5, 5.41) is 12.2. The van der Waals surface area contributed by atoms with Gasteiger partial charge in [-0.15, -0.1) is 11.3 Å². The van der Waals surface area contributed by atoms with Gasteiger partial charge < -0.3 is 24.6 Å². The quantitative estimate of drug-likeness (QED) is 0.0930. The van der Waals surface area contributed by atoms with Gasteiger partial charge >= 0.3 is 6.09 Å². The predicted octanol–water partition coefficient (Wildman–Crippen LogP) is 8.35. The zero-order valence-electron chi connectivity index (χ0n) is 30.3. The molecule has 3 amide bonds. The lowest BCUT2D eigenvalue weighted by molar-refractivity contribution is -0.245. The molecule has 5 aromatic carbocycles. The van der Waals surface area contributed by atoms with E-state index in [1.165, 1.54) is 4.90 Å². The molecule has 12 heteroatoms. The summed E-state index contributed by atoms with van der Waals surface area (Å²) in [5.41, 5.74) is 7.11. The average molecular weight is 786 g/mol. The van der Waals surface area contributed by atoms with Gasteiger partial charge in [0, 0.05) is 17.7 Å². The molecule has 1 aromatic heterocycles. The van der Waals surface area contributed by atoms with E-state index >= 15 is 0 Å². The molecule has 8 rings (SSSR count). The maximum absolute atomic E-state index is 13.3. The molecule has 2 saturated heterocycles. The molecule has 56 heavy (non-hydrogen) atoms. The molecule has 2 N–H and O–H groups in total. The molecule has 0 aliphatic carbocycles. The number of benzene rings is 5. The maximum Gasteiger partial charge on any atom is 0.408 e. The lowest BCUT2D eigenvalue weighted by Crippen LogP contribution is -2.41. The molecule has 2 fully saturated rings. The number of carbonyl (C=O) groups is 3. The highest BCUT2D eigenvalue weighted by molar-refractivity contribution is 8.01. The van der Waals surface area contributed by atoms with E-state index in [0.29, 0.717) is 12.2 Å². The minimum absolute atomic E-state index is 0.0264. The summed E-state index contributed by atoms with van der Waals surface area (Å²) in [4.78, 5) is 44.6. The summed E-state index contributed by atoms with van der Waals surface area (Å²) in [6.07, 6.45) is -1.21. The Balaban J connectivity index is 0.953. The Morgan fingerprint density at radius 2 is 1.59 bits per heavy atom. The Bertz CT molecular complexity index is 2300. The first kappa shape index (κ1) is 37.5. The first-order chi connectivity index (χ1) is 27.4. The monoisotopic (exact) mass is 785 g/mol. The Morgan fingerprint density at radius 1 is 0.839 bits per heavy atom. The molecule has 10 nitrogen and oxygen atoms in total. The van der Waals surface area contributed by atoms with Gasteiger partial charge in [0.1, 0.15) is 12.6 Å². The maximum atomic E-state index is 13.3. The van der Waals surface area contributed by atoms with Gasteiger partial charge in [0.15, 0.2) is 10.6 Å². The minimum Gasteiger partial charge on any atom is -0.445 e. The normalized spacial score (nSPS) is 19.7. The van der Waals surface area contributed by atoms with Crippen LogP contribution in [0.2, 0.25) is 0 Å². The van der Waals surface area contributed by atoms with Crippen LogP contribution in [0.3, 0.4) is 0 Å². The van der Waals surface area contributed by atoms with Crippen molar-refractivity contribution in [3.63, 3.8) is 0 Å². The number of para-hydroxylation sites is 1. The summed E-state index contributed by atoms with van der Waals surface area (Å²) < 4.78 is 20.7. The number of alkyl carbamates (subject to hydrolysis) is 1. The number of nitrogens with one attached hydrogen (secondary N) is 1. The highest BCUT2D eigenvalue weighted by Crippen LogP contribution is 2.41. The molecule has 284 valence electrons. The highest BCUT2D eigenvalue weighted by atomic mass is 32.2. The van der Waals surface area contributed by atoms with Crippen molar-refractivity contribution in [2.45, 2.75) is 61.5 Å². The molecular weight excluding hydrogens is 747 g/mol. The van der Waals surface area contributed by atoms with Crippen molar-refractivity contribution in [2.75, 3.05) is 5.75 Å². The van der Waals surface area contributed by atoms with Crippen molar-refractivity contribution in [3.8, 4) is 11.1 Å². The highest BCUT2D eigenvalue weighted by Gasteiger charge is 2.40. The fraction of sp³-hybridized carbons (Fsp3) is 0.227. The average Bonchev–Trinajstić information content (AvgIpc) is 3.78. The zero-order chi connectivity index (χ0) is 38.4. The van der Waals surface area contributed by atoms with Gasteiger partial charge in [-0.25, -0.2) is 9.78 Å². The van der Waals surface area contributed by atoms with Crippen molar-refractivity contribution in [3.05, 3.63) is 155 Å². The largest absolute Gasteiger partial charge is 0.445 e. The van der Waals surface area contributed by atoms with Crippen LogP contribution in [-0.2, 0) is 43.6 Å². The van der Waals surface area contributed by atoms with Gasteiger partial charge in [-0.1, -0.05) is 115 Å². The molecular formula is C44H39N3O7S2. The summed E-state index contributed by atoms with van der Waals surface area (Å²) >= 11 is 3.36. The van der Waals surface area contributed by atoms with Crippen LogP contribution in [0.1, 0.15) is 53.1 Å². The molecule has 0 bridgehead atoms. The number of nitrogens with zero attached hydrogens (tertiary/aromatic N) is 2. The van der Waals surface area contributed by atoms with E-state index in [1.807, 2.05) is 121 Å². The van der Waals surface area contributed by atoms with Crippen molar-refractivity contribution in [2.24, 2.45) is 0 Å². The van der Waals surface area contributed by atoms with Gasteiger partial charge in [0.2, 0.25) is 5.91 Å². The van der Waals surface area contributed by atoms with Gasteiger partial charge in [-0.05, 0) is 57.6 Å². The van der Waals surface area contributed by atoms with E-state index in [4.69, 9.17) is 19.2 Å². The molecule has 0 spiro atoms. The summed E-state index contributed by atoms with van der Waals surface area (Å²) in [6, 6.07) is 39.9. The summed E-state index contributed by atoms with van der Waals surface area (Å²) in [5.74, 6) is -0.132. The number of fused-ring (bicyclic) bond motifs is 1. The van der Waals surface area contributed by atoms with Gasteiger partial charge in [-0.2, -0.15) is 0 Å². The van der Waals surface area contributed by atoms with E-state index < -0.39 is 24.3 Å². The first-order valence-corrected chi connectivity index (χ1v) is 20.2. The number of thioether (sulfide) groups is 1. The molecule has 6 aromatic rings. The fourth-order valence-corrected chi connectivity index (χ4v) is 8.98. The molecule has 4 atom stereocenters. The van der Waals surface area contributed by atoms with E-state index in [1.54, 1.807) is 23.1 Å². The van der Waals surface area contributed by atoms with Crippen molar-refractivity contribution < 1.29 is 33.7 Å². The Labute approximate surface area is 332 Å².